The average Bonchev–Trinajstić information content (AvgIpc) is 3.02. The molecular formula is C20H20O. The molecule has 0 radical (unpaired) electrons. The lowest BCUT2D eigenvalue weighted by molar-refractivity contribution is 0.475. The second kappa shape index (κ2) is 6.06. The molecule has 1 aliphatic carbocycles. The zero-order chi connectivity index (χ0) is 14.7. The first kappa shape index (κ1) is 13.8. The molecule has 1 heteroatoms. The van der Waals surface area contributed by atoms with Gasteiger partial charge in [-0.3, -0.25) is 0 Å². The fraction of sp³-hybridized carbons (Fsp3) is 0.300. The van der Waals surface area contributed by atoms with E-state index in [1.165, 1.54) is 36.8 Å². The number of phenols is 1. The van der Waals surface area contributed by atoms with Crippen molar-refractivity contribution < 1.29 is 5.11 Å². The first-order valence-electron chi connectivity index (χ1n) is 7.64. The molecule has 1 nitrogen and oxygen atoms in total. The van der Waals surface area contributed by atoms with Crippen LogP contribution in [0.1, 0.15) is 53.9 Å². The van der Waals surface area contributed by atoms with Crippen LogP contribution in [-0.2, 0) is 0 Å². The van der Waals surface area contributed by atoms with Gasteiger partial charge in [0, 0.05) is 11.1 Å². The molecular weight excluding hydrogens is 256 g/mol. The van der Waals surface area contributed by atoms with Crippen LogP contribution in [0.2, 0.25) is 0 Å². The summed E-state index contributed by atoms with van der Waals surface area (Å²) >= 11 is 0. The highest BCUT2D eigenvalue weighted by molar-refractivity contribution is 5.49. The number of aryl methyl sites for hydroxylation is 1. The lowest BCUT2D eigenvalue weighted by atomic mass is 9.91. The Morgan fingerprint density at radius 2 is 1.67 bits per heavy atom. The summed E-state index contributed by atoms with van der Waals surface area (Å²) in [5.74, 6) is 7.49. The quantitative estimate of drug-likeness (QED) is 0.745. The Labute approximate surface area is 126 Å². The molecule has 0 aromatic heterocycles. The predicted octanol–water partition coefficient (Wildman–Crippen LogP) is 4.76. The van der Waals surface area contributed by atoms with E-state index >= 15 is 0 Å². The molecule has 0 aliphatic heterocycles. The standard InChI is InChI=1S/C20H20O/c1-15-6-10-18(20(14-15)17-4-2-3-5-17)11-7-16-8-12-19(21)13-9-16/h6,8-10,12-14,17,21H,2-5H2,1H3. The van der Waals surface area contributed by atoms with Gasteiger partial charge in [-0.15, -0.1) is 0 Å². The van der Waals surface area contributed by atoms with Gasteiger partial charge in [-0.05, 0) is 61.6 Å². The molecule has 1 fully saturated rings. The number of phenolic OH excluding ortho intramolecular Hbond substituents is 1. The van der Waals surface area contributed by atoms with Crippen LogP contribution in [0.5, 0.6) is 5.75 Å². The summed E-state index contributed by atoms with van der Waals surface area (Å²) in [6.45, 7) is 2.15. The number of hydrogen-bond acceptors (Lipinski definition) is 1. The Morgan fingerprint density at radius 3 is 2.38 bits per heavy atom. The lowest BCUT2D eigenvalue weighted by Gasteiger charge is -2.13. The molecule has 0 atom stereocenters. The monoisotopic (exact) mass is 276 g/mol. The van der Waals surface area contributed by atoms with Crippen molar-refractivity contribution >= 4 is 0 Å². The van der Waals surface area contributed by atoms with E-state index in [9.17, 15) is 5.11 Å². The molecule has 2 aromatic carbocycles. The summed E-state index contributed by atoms with van der Waals surface area (Å²) in [5, 5.41) is 9.31. The summed E-state index contributed by atoms with van der Waals surface area (Å²) in [6, 6.07) is 13.7. The van der Waals surface area contributed by atoms with Crippen molar-refractivity contribution in [2.45, 2.75) is 38.5 Å². The molecule has 1 N–H and O–H groups in total. The lowest BCUT2D eigenvalue weighted by Crippen LogP contribution is -1.97. The fourth-order valence-corrected chi connectivity index (χ4v) is 3.05. The maximum atomic E-state index is 9.31. The minimum Gasteiger partial charge on any atom is -0.508 e. The minimum atomic E-state index is 0.280. The Morgan fingerprint density at radius 1 is 0.952 bits per heavy atom. The molecule has 1 saturated carbocycles. The predicted molar refractivity (Wildman–Crippen MR) is 86.5 cm³/mol. The van der Waals surface area contributed by atoms with E-state index in [-0.39, 0.29) is 5.75 Å². The molecule has 21 heavy (non-hydrogen) atoms. The molecule has 0 spiro atoms. The first-order chi connectivity index (χ1) is 10.2. The van der Waals surface area contributed by atoms with E-state index in [4.69, 9.17) is 0 Å². The van der Waals surface area contributed by atoms with Crippen molar-refractivity contribution in [3.8, 4) is 17.6 Å². The second-order valence-electron chi connectivity index (χ2n) is 5.87. The average molecular weight is 276 g/mol. The zero-order valence-corrected chi connectivity index (χ0v) is 12.4. The molecule has 3 rings (SSSR count). The van der Waals surface area contributed by atoms with Gasteiger partial charge in [-0.2, -0.15) is 0 Å². The van der Waals surface area contributed by atoms with Crippen LogP contribution in [0.4, 0.5) is 0 Å². The topological polar surface area (TPSA) is 20.2 Å². The van der Waals surface area contributed by atoms with E-state index < -0.39 is 0 Å². The van der Waals surface area contributed by atoms with E-state index in [1.807, 2.05) is 12.1 Å². The highest BCUT2D eigenvalue weighted by atomic mass is 16.3. The van der Waals surface area contributed by atoms with E-state index in [2.05, 4.69) is 37.0 Å². The van der Waals surface area contributed by atoms with Crippen LogP contribution in [0.25, 0.3) is 0 Å². The molecule has 0 saturated heterocycles. The van der Waals surface area contributed by atoms with Gasteiger partial charge in [0.1, 0.15) is 5.75 Å². The van der Waals surface area contributed by atoms with E-state index in [0.717, 1.165) is 11.1 Å². The van der Waals surface area contributed by atoms with Crippen LogP contribution in [0.3, 0.4) is 0 Å². The van der Waals surface area contributed by atoms with Crippen LogP contribution in [-0.4, -0.2) is 5.11 Å². The van der Waals surface area contributed by atoms with Crippen LogP contribution < -0.4 is 0 Å². The van der Waals surface area contributed by atoms with Crippen molar-refractivity contribution in [1.82, 2.24) is 0 Å². The highest BCUT2D eigenvalue weighted by Gasteiger charge is 2.19. The Balaban J connectivity index is 1.93. The zero-order valence-electron chi connectivity index (χ0n) is 12.4. The van der Waals surface area contributed by atoms with Gasteiger partial charge in [0.05, 0.1) is 0 Å². The van der Waals surface area contributed by atoms with Crippen molar-refractivity contribution in [1.29, 1.82) is 0 Å². The van der Waals surface area contributed by atoms with Crippen LogP contribution >= 0.6 is 0 Å². The smallest absolute Gasteiger partial charge is 0.115 e. The third-order valence-corrected chi connectivity index (χ3v) is 4.21. The van der Waals surface area contributed by atoms with Crippen LogP contribution in [0.15, 0.2) is 42.5 Å². The number of aromatic hydroxyl groups is 1. The summed E-state index contributed by atoms with van der Waals surface area (Å²) < 4.78 is 0. The van der Waals surface area contributed by atoms with E-state index in [0.29, 0.717) is 5.92 Å². The Hall–Kier alpha value is -2.20. The van der Waals surface area contributed by atoms with E-state index in [1.54, 1.807) is 12.1 Å². The minimum absolute atomic E-state index is 0.280. The molecule has 0 bridgehead atoms. The van der Waals surface area contributed by atoms with Gasteiger partial charge in [-0.1, -0.05) is 42.4 Å². The highest BCUT2D eigenvalue weighted by Crippen LogP contribution is 2.36. The van der Waals surface area contributed by atoms with Crippen molar-refractivity contribution in [2.24, 2.45) is 0 Å². The summed E-state index contributed by atoms with van der Waals surface area (Å²) in [5.41, 5.74) is 4.82. The van der Waals surface area contributed by atoms with Gasteiger partial charge in [0.25, 0.3) is 0 Å². The number of rotatable bonds is 1. The van der Waals surface area contributed by atoms with Crippen molar-refractivity contribution in [3.05, 3.63) is 64.7 Å². The summed E-state index contributed by atoms with van der Waals surface area (Å²) in [6.07, 6.45) is 5.25. The maximum absolute atomic E-state index is 9.31. The van der Waals surface area contributed by atoms with Gasteiger partial charge in [0.15, 0.2) is 0 Å². The van der Waals surface area contributed by atoms with Gasteiger partial charge in [0.2, 0.25) is 0 Å². The fourth-order valence-electron chi connectivity index (χ4n) is 3.05. The number of benzene rings is 2. The molecule has 0 unspecified atom stereocenters. The summed E-state index contributed by atoms with van der Waals surface area (Å²) in [7, 11) is 0. The largest absolute Gasteiger partial charge is 0.508 e. The number of hydrogen-bond donors (Lipinski definition) is 1. The summed E-state index contributed by atoms with van der Waals surface area (Å²) in [4.78, 5) is 0. The van der Waals surface area contributed by atoms with Crippen molar-refractivity contribution in [2.75, 3.05) is 0 Å². The third-order valence-electron chi connectivity index (χ3n) is 4.21. The molecule has 106 valence electrons. The maximum Gasteiger partial charge on any atom is 0.115 e. The molecule has 0 amide bonds. The van der Waals surface area contributed by atoms with Crippen molar-refractivity contribution in [3.63, 3.8) is 0 Å². The normalized spacial score (nSPS) is 14.7. The Kier molecular flexibility index (Phi) is 3.97. The second-order valence-corrected chi connectivity index (χ2v) is 5.87. The first-order valence-corrected chi connectivity index (χ1v) is 7.64. The molecule has 1 aliphatic rings. The van der Waals surface area contributed by atoms with Gasteiger partial charge in [-0.25, -0.2) is 0 Å². The Bertz CT molecular complexity index is 680. The third kappa shape index (κ3) is 3.28. The van der Waals surface area contributed by atoms with Gasteiger partial charge >= 0.3 is 0 Å². The van der Waals surface area contributed by atoms with Gasteiger partial charge < -0.3 is 5.11 Å². The van der Waals surface area contributed by atoms with Crippen LogP contribution in [0, 0.1) is 18.8 Å². The molecule has 2 aromatic rings. The molecule has 0 heterocycles. The SMILES string of the molecule is Cc1ccc(C#Cc2ccc(O)cc2)c(C2CCCC2)c1.